The zero-order chi connectivity index (χ0) is 32.7. The van der Waals surface area contributed by atoms with E-state index in [9.17, 15) is 24.7 Å². The van der Waals surface area contributed by atoms with E-state index in [1.165, 1.54) is 9.96 Å². The molecule has 1 amide bonds. The highest BCUT2D eigenvalue weighted by Crippen LogP contribution is 2.51. The van der Waals surface area contributed by atoms with Crippen LogP contribution in [0.4, 0.5) is 4.79 Å². The first-order chi connectivity index (χ1) is 21.9. The summed E-state index contributed by atoms with van der Waals surface area (Å²) < 4.78 is 22.6. The summed E-state index contributed by atoms with van der Waals surface area (Å²) in [5.41, 5.74) is -0.618. The van der Waals surface area contributed by atoms with Gasteiger partial charge in [0.15, 0.2) is 0 Å². The molecule has 0 radical (unpaired) electrons. The molecule has 46 heavy (non-hydrogen) atoms. The van der Waals surface area contributed by atoms with Gasteiger partial charge < -0.3 is 39.7 Å². The molecule has 3 unspecified atom stereocenters. The largest absolute Gasteiger partial charge is 0.480 e. The molecule has 6 bridgehead atoms. The molecule has 0 aromatic carbocycles. The SMILES string of the molecule is CC(C)(C)OC(=O)N1C[C@@H]2[C@H](C1C(=O)O)[C@H]1CC[C@@H]2O1.N#CC1[C@H]2[C@@H](CN1O)[C@@H]1CC[C@H]2O1.O=C(O)C1NC[C@@H]2[C@H]1[C@H]1CC[C@@H]2O1. The number of rotatable bonds is 2. The summed E-state index contributed by atoms with van der Waals surface area (Å²) in [7, 11) is 0. The minimum atomic E-state index is -0.959. The van der Waals surface area contributed by atoms with Gasteiger partial charge in [-0.2, -0.15) is 10.3 Å². The predicted molar refractivity (Wildman–Crippen MR) is 156 cm³/mol. The number of nitrogens with zero attached hydrogens (tertiary/aromatic N) is 3. The molecule has 9 heterocycles. The normalized spacial score (nSPS) is 46.9. The maximum atomic E-state index is 12.2. The molecule has 14 nitrogen and oxygen atoms in total. The van der Waals surface area contributed by atoms with Crippen molar-refractivity contribution in [1.29, 1.82) is 5.26 Å². The quantitative estimate of drug-likeness (QED) is 0.339. The number of amides is 1. The van der Waals surface area contributed by atoms with Crippen molar-refractivity contribution in [2.45, 2.75) is 120 Å². The maximum Gasteiger partial charge on any atom is 0.411 e. The summed E-state index contributed by atoms with van der Waals surface area (Å²) in [6.07, 6.45) is 6.89. The first-order valence-electron chi connectivity index (χ1n) is 16.9. The summed E-state index contributed by atoms with van der Waals surface area (Å²) in [6, 6.07) is 0.657. The van der Waals surface area contributed by atoms with Crippen LogP contribution in [0.1, 0.15) is 59.3 Å². The Hall–Kier alpha value is -2.54. The van der Waals surface area contributed by atoms with E-state index < -0.39 is 29.7 Å². The van der Waals surface area contributed by atoms with Crippen molar-refractivity contribution in [2.24, 2.45) is 35.5 Å². The number of carboxylic acids is 2. The summed E-state index contributed by atoms with van der Waals surface area (Å²) in [4.78, 5) is 36.1. The number of likely N-dealkylation sites (tertiary alicyclic amines) is 1. The molecule has 9 aliphatic rings. The number of fused-ring (bicyclic) bond motifs is 15. The Morgan fingerprint density at radius 2 is 1.30 bits per heavy atom. The first kappa shape index (κ1) is 32.0. The van der Waals surface area contributed by atoms with Crippen LogP contribution in [0.2, 0.25) is 0 Å². The standard InChI is InChI=1S/C14H21NO5.C9H12N2O2.C9H13NO3/c1-14(2,3)20-13(18)15-6-7-8-4-5-9(19-8)10(7)11(15)12(16)17;10-3-6-9-5(4-11(6)12)7-1-2-8(9)13-7;11-9(12)8-7-4(3-10-8)5-1-2-6(7)13-5/h7-11H,4-6H2,1-3H3,(H,16,17);5-9,12H,1-2,4H2;4-8,10H,1-3H2,(H,11,12)/t7-,8-,9+,10-,11?;5-,6?,7-,8+,9+;4-,5-,6+,7-,8?/m000/s1. The van der Waals surface area contributed by atoms with Crippen molar-refractivity contribution in [1.82, 2.24) is 15.3 Å². The predicted octanol–water partition coefficient (Wildman–Crippen LogP) is 1.70. The Morgan fingerprint density at radius 1 is 0.783 bits per heavy atom. The van der Waals surface area contributed by atoms with Crippen LogP contribution in [0.5, 0.6) is 0 Å². The maximum absolute atomic E-state index is 12.2. The second kappa shape index (κ2) is 11.9. The lowest BCUT2D eigenvalue weighted by Crippen LogP contribution is -2.47. The fraction of sp³-hybridized carbons (Fsp3) is 0.875. The van der Waals surface area contributed by atoms with E-state index in [4.69, 9.17) is 29.3 Å². The Labute approximate surface area is 268 Å². The van der Waals surface area contributed by atoms with E-state index in [1.807, 2.05) is 0 Å². The number of carbonyl (C=O) groups is 3. The number of hydrogen-bond donors (Lipinski definition) is 4. The number of carboxylic acid groups (broad SMARTS) is 2. The van der Waals surface area contributed by atoms with Crippen LogP contribution < -0.4 is 5.32 Å². The minimum absolute atomic E-state index is 0.0152. The van der Waals surface area contributed by atoms with Gasteiger partial charge in [0.25, 0.3) is 0 Å². The molecule has 9 saturated heterocycles. The molecule has 0 saturated carbocycles. The molecule has 254 valence electrons. The average molecular weight is 647 g/mol. The second-order valence-electron chi connectivity index (χ2n) is 15.4. The van der Waals surface area contributed by atoms with Gasteiger partial charge in [-0.1, -0.05) is 0 Å². The molecule has 9 aliphatic heterocycles. The smallest absolute Gasteiger partial charge is 0.411 e. The van der Waals surface area contributed by atoms with Gasteiger partial charge in [-0.15, -0.1) is 0 Å². The van der Waals surface area contributed by atoms with Gasteiger partial charge >= 0.3 is 18.0 Å². The van der Waals surface area contributed by atoms with E-state index in [1.54, 1.807) is 20.8 Å². The van der Waals surface area contributed by atoms with E-state index in [0.717, 1.165) is 45.1 Å². The Bertz CT molecular complexity index is 1270. The van der Waals surface area contributed by atoms with Crippen molar-refractivity contribution in [3.05, 3.63) is 0 Å². The highest BCUT2D eigenvalue weighted by atomic mass is 16.6. The molecule has 0 aromatic heterocycles. The third kappa shape index (κ3) is 5.37. The van der Waals surface area contributed by atoms with Crippen molar-refractivity contribution >= 4 is 18.0 Å². The molecule has 9 fully saturated rings. The highest BCUT2D eigenvalue weighted by molar-refractivity contribution is 5.81. The Morgan fingerprint density at radius 3 is 1.85 bits per heavy atom. The van der Waals surface area contributed by atoms with Gasteiger partial charge in [0.1, 0.15) is 23.7 Å². The van der Waals surface area contributed by atoms with Gasteiger partial charge in [-0.05, 0) is 59.3 Å². The average Bonchev–Trinajstić information content (AvgIpc) is 3.82. The van der Waals surface area contributed by atoms with E-state index in [-0.39, 0.29) is 60.2 Å². The van der Waals surface area contributed by atoms with Crippen LogP contribution in [-0.2, 0) is 28.5 Å². The second-order valence-corrected chi connectivity index (χ2v) is 15.4. The van der Waals surface area contributed by atoms with Crippen molar-refractivity contribution in [3.8, 4) is 6.07 Å². The lowest BCUT2D eigenvalue weighted by Gasteiger charge is -2.29. The molecule has 0 spiro atoms. The molecule has 15 atom stereocenters. The summed E-state index contributed by atoms with van der Waals surface area (Å²) >= 11 is 0. The molecular weight excluding hydrogens is 600 g/mol. The van der Waals surface area contributed by atoms with Crippen LogP contribution in [0.25, 0.3) is 0 Å². The molecule has 4 N–H and O–H groups in total. The number of hydrogen-bond acceptors (Lipinski definition) is 11. The number of aliphatic carboxylic acids is 2. The van der Waals surface area contributed by atoms with Gasteiger partial charge in [-0.25, -0.2) is 9.59 Å². The zero-order valence-electron chi connectivity index (χ0n) is 26.6. The summed E-state index contributed by atoms with van der Waals surface area (Å²) in [5, 5.41) is 41.2. The van der Waals surface area contributed by atoms with Gasteiger partial charge in [0.05, 0.1) is 42.7 Å². The number of hydroxylamine groups is 2. The zero-order valence-corrected chi connectivity index (χ0v) is 26.6. The third-order valence-electron chi connectivity index (χ3n) is 11.9. The number of nitriles is 1. The van der Waals surface area contributed by atoms with Crippen LogP contribution in [0.3, 0.4) is 0 Å². The molecule has 14 heteroatoms. The van der Waals surface area contributed by atoms with E-state index in [0.29, 0.717) is 37.1 Å². The van der Waals surface area contributed by atoms with Crippen LogP contribution >= 0.6 is 0 Å². The first-order valence-corrected chi connectivity index (χ1v) is 16.9. The van der Waals surface area contributed by atoms with Gasteiger partial charge in [-0.3, -0.25) is 9.69 Å². The van der Waals surface area contributed by atoms with Crippen LogP contribution in [-0.4, -0.2) is 123 Å². The third-order valence-corrected chi connectivity index (χ3v) is 11.9. The fourth-order valence-electron chi connectivity index (χ4n) is 10.2. The van der Waals surface area contributed by atoms with E-state index >= 15 is 0 Å². The summed E-state index contributed by atoms with van der Waals surface area (Å²) in [6.45, 7) is 7.21. The van der Waals surface area contributed by atoms with E-state index in [2.05, 4.69) is 11.4 Å². The van der Waals surface area contributed by atoms with Gasteiger partial charge in [0, 0.05) is 55.1 Å². The number of nitrogens with one attached hydrogen (secondary N) is 1. The van der Waals surface area contributed by atoms with Gasteiger partial charge in [0.2, 0.25) is 0 Å². The minimum Gasteiger partial charge on any atom is -0.480 e. The monoisotopic (exact) mass is 646 g/mol. The van der Waals surface area contributed by atoms with Crippen molar-refractivity contribution in [3.63, 3.8) is 0 Å². The number of ether oxygens (including phenoxy) is 4. The van der Waals surface area contributed by atoms with Crippen LogP contribution in [0, 0.1) is 46.8 Å². The lowest BCUT2D eigenvalue weighted by atomic mass is 9.78. The Balaban J connectivity index is 0.000000114. The fourth-order valence-corrected chi connectivity index (χ4v) is 10.2. The molecule has 0 aromatic rings. The summed E-state index contributed by atoms with van der Waals surface area (Å²) in [5.74, 6) is -0.275. The highest BCUT2D eigenvalue weighted by Gasteiger charge is 2.62. The Kier molecular flexibility index (Phi) is 8.26. The van der Waals surface area contributed by atoms with Crippen molar-refractivity contribution in [2.75, 3.05) is 19.6 Å². The molecule has 0 aliphatic carbocycles. The molecular formula is C32H46N4O10. The van der Waals surface area contributed by atoms with Crippen LogP contribution in [0.15, 0.2) is 0 Å². The lowest BCUT2D eigenvalue weighted by molar-refractivity contribution is -0.144. The van der Waals surface area contributed by atoms with Crippen molar-refractivity contribution < 1.29 is 48.8 Å². The topological polar surface area (TPSA) is 191 Å². The number of carbonyl (C=O) groups excluding carboxylic acids is 1. The molecule has 9 rings (SSSR count).